The topological polar surface area (TPSA) is 93.4 Å². The van der Waals surface area contributed by atoms with E-state index in [4.69, 9.17) is 10.5 Å². The van der Waals surface area contributed by atoms with Crippen molar-refractivity contribution in [2.75, 3.05) is 6.54 Å². The van der Waals surface area contributed by atoms with Crippen LogP contribution in [0.4, 0.5) is 4.79 Å². The van der Waals surface area contributed by atoms with E-state index < -0.39 is 18.0 Å². The zero-order valence-electron chi connectivity index (χ0n) is 12.7. The minimum atomic E-state index is -0.887. The minimum absolute atomic E-state index is 0.565. The molecule has 0 aromatic heterocycles. The largest absolute Gasteiger partial charge is 0.481 e. The standard InChI is InChI=1S/C15H23N3O3/c1-10(2)8-17-9-12-4-6-13(7-5-12)21-11(3)14(19)18-15(16)20/h4-7,10-11,17H,8-9H2,1-3H3,(H3,16,18,19,20). The van der Waals surface area contributed by atoms with E-state index >= 15 is 0 Å². The molecule has 0 heterocycles. The van der Waals surface area contributed by atoms with Gasteiger partial charge in [0, 0.05) is 6.54 Å². The molecule has 0 aliphatic heterocycles. The minimum Gasteiger partial charge on any atom is -0.481 e. The van der Waals surface area contributed by atoms with E-state index in [2.05, 4.69) is 19.2 Å². The smallest absolute Gasteiger partial charge is 0.318 e. The van der Waals surface area contributed by atoms with Crippen molar-refractivity contribution in [1.82, 2.24) is 10.6 Å². The fraction of sp³-hybridized carbons (Fsp3) is 0.467. The molecular formula is C15H23N3O3. The summed E-state index contributed by atoms with van der Waals surface area (Å²) in [6.07, 6.45) is -0.789. The van der Waals surface area contributed by atoms with Gasteiger partial charge in [0.2, 0.25) is 0 Å². The molecule has 0 saturated heterocycles. The van der Waals surface area contributed by atoms with Crippen molar-refractivity contribution in [1.29, 1.82) is 0 Å². The Labute approximate surface area is 125 Å². The second-order valence-corrected chi connectivity index (χ2v) is 5.28. The zero-order valence-corrected chi connectivity index (χ0v) is 12.7. The van der Waals surface area contributed by atoms with Gasteiger partial charge in [0.05, 0.1) is 0 Å². The molecule has 1 atom stereocenters. The summed E-state index contributed by atoms with van der Waals surface area (Å²) in [5, 5.41) is 5.32. The molecule has 0 fully saturated rings. The Morgan fingerprint density at radius 1 is 1.19 bits per heavy atom. The number of imide groups is 1. The van der Waals surface area contributed by atoms with Gasteiger partial charge in [-0.2, -0.15) is 0 Å². The van der Waals surface area contributed by atoms with E-state index in [1.165, 1.54) is 0 Å². The van der Waals surface area contributed by atoms with Crippen LogP contribution in [0.3, 0.4) is 0 Å². The third-order valence-corrected chi connectivity index (χ3v) is 2.73. The number of hydrogen-bond donors (Lipinski definition) is 3. The molecule has 116 valence electrons. The first kappa shape index (κ1) is 17.0. The van der Waals surface area contributed by atoms with Crippen LogP contribution < -0.4 is 21.1 Å². The Kier molecular flexibility index (Phi) is 6.68. The van der Waals surface area contributed by atoms with E-state index in [1.807, 2.05) is 17.4 Å². The van der Waals surface area contributed by atoms with E-state index in [0.717, 1.165) is 18.7 Å². The molecule has 4 N–H and O–H groups in total. The summed E-state index contributed by atoms with van der Waals surface area (Å²) >= 11 is 0. The predicted molar refractivity (Wildman–Crippen MR) is 80.8 cm³/mol. The van der Waals surface area contributed by atoms with Gasteiger partial charge in [-0.3, -0.25) is 10.1 Å². The number of carbonyl (C=O) groups excluding carboxylic acids is 2. The number of ether oxygens (including phenoxy) is 1. The predicted octanol–water partition coefficient (Wildman–Crippen LogP) is 1.39. The first-order valence-corrected chi connectivity index (χ1v) is 6.95. The lowest BCUT2D eigenvalue weighted by molar-refractivity contribution is -0.126. The SMILES string of the molecule is CC(C)CNCc1ccc(OC(C)C(=O)NC(N)=O)cc1. The van der Waals surface area contributed by atoms with E-state index in [0.29, 0.717) is 11.7 Å². The maximum Gasteiger partial charge on any atom is 0.318 e. The van der Waals surface area contributed by atoms with Gasteiger partial charge in [-0.1, -0.05) is 26.0 Å². The van der Waals surface area contributed by atoms with Crippen LogP contribution in [0, 0.1) is 5.92 Å². The second kappa shape index (κ2) is 8.26. The highest BCUT2D eigenvalue weighted by molar-refractivity contribution is 5.95. The van der Waals surface area contributed by atoms with Gasteiger partial charge in [-0.05, 0) is 37.1 Å². The van der Waals surface area contributed by atoms with Crippen molar-refractivity contribution in [3.8, 4) is 5.75 Å². The fourth-order valence-corrected chi connectivity index (χ4v) is 1.67. The van der Waals surface area contributed by atoms with Gasteiger partial charge in [-0.25, -0.2) is 4.79 Å². The highest BCUT2D eigenvalue weighted by Crippen LogP contribution is 2.14. The number of primary amides is 1. The molecule has 1 aromatic carbocycles. The maximum atomic E-state index is 11.5. The molecular weight excluding hydrogens is 270 g/mol. The quantitative estimate of drug-likeness (QED) is 0.708. The van der Waals surface area contributed by atoms with Crippen LogP contribution in [-0.2, 0) is 11.3 Å². The normalized spacial score (nSPS) is 12.0. The molecule has 0 aliphatic carbocycles. The highest BCUT2D eigenvalue weighted by Gasteiger charge is 2.15. The first-order valence-electron chi connectivity index (χ1n) is 6.95. The van der Waals surface area contributed by atoms with Crippen LogP contribution >= 0.6 is 0 Å². The van der Waals surface area contributed by atoms with Gasteiger partial charge >= 0.3 is 6.03 Å². The Balaban J connectivity index is 2.46. The Morgan fingerprint density at radius 2 is 1.81 bits per heavy atom. The van der Waals surface area contributed by atoms with Crippen molar-refractivity contribution in [2.24, 2.45) is 11.7 Å². The second-order valence-electron chi connectivity index (χ2n) is 5.28. The number of benzene rings is 1. The van der Waals surface area contributed by atoms with Crippen LogP contribution in [0.5, 0.6) is 5.75 Å². The summed E-state index contributed by atoms with van der Waals surface area (Å²) in [7, 11) is 0. The third-order valence-electron chi connectivity index (χ3n) is 2.73. The lowest BCUT2D eigenvalue weighted by Crippen LogP contribution is -2.42. The molecule has 21 heavy (non-hydrogen) atoms. The molecule has 0 saturated carbocycles. The lowest BCUT2D eigenvalue weighted by atomic mass is 10.2. The molecule has 0 aliphatic rings. The average molecular weight is 293 g/mol. The van der Waals surface area contributed by atoms with Crippen molar-refractivity contribution in [3.05, 3.63) is 29.8 Å². The molecule has 0 spiro atoms. The van der Waals surface area contributed by atoms with E-state index in [-0.39, 0.29) is 0 Å². The fourth-order valence-electron chi connectivity index (χ4n) is 1.67. The van der Waals surface area contributed by atoms with Crippen LogP contribution in [-0.4, -0.2) is 24.6 Å². The molecule has 0 bridgehead atoms. The first-order chi connectivity index (χ1) is 9.88. The van der Waals surface area contributed by atoms with Crippen molar-refractivity contribution in [3.63, 3.8) is 0 Å². The number of nitrogens with one attached hydrogen (secondary N) is 2. The van der Waals surface area contributed by atoms with Crippen molar-refractivity contribution in [2.45, 2.75) is 33.4 Å². The maximum absolute atomic E-state index is 11.5. The average Bonchev–Trinajstić information content (AvgIpc) is 2.39. The monoisotopic (exact) mass is 293 g/mol. The van der Waals surface area contributed by atoms with Gasteiger partial charge in [0.15, 0.2) is 6.10 Å². The van der Waals surface area contributed by atoms with Crippen LogP contribution in [0.25, 0.3) is 0 Å². The van der Waals surface area contributed by atoms with Gasteiger partial charge in [-0.15, -0.1) is 0 Å². The summed E-state index contributed by atoms with van der Waals surface area (Å²) in [5.41, 5.74) is 6.02. The number of hydrogen-bond acceptors (Lipinski definition) is 4. The summed E-state index contributed by atoms with van der Waals surface area (Å²) in [4.78, 5) is 22.1. The van der Waals surface area contributed by atoms with Gasteiger partial charge in [0.1, 0.15) is 5.75 Å². The van der Waals surface area contributed by atoms with Crippen LogP contribution in [0.2, 0.25) is 0 Å². The van der Waals surface area contributed by atoms with Gasteiger partial charge in [0.25, 0.3) is 5.91 Å². The van der Waals surface area contributed by atoms with E-state index in [1.54, 1.807) is 19.1 Å². The summed E-state index contributed by atoms with van der Waals surface area (Å²) in [6, 6.07) is 6.56. The third kappa shape index (κ3) is 6.76. The molecule has 3 amide bonds. The van der Waals surface area contributed by atoms with Crippen LogP contribution in [0.1, 0.15) is 26.3 Å². The number of amides is 3. The summed E-state index contributed by atoms with van der Waals surface area (Å²) < 4.78 is 5.43. The molecule has 1 unspecified atom stereocenters. The Bertz CT molecular complexity index is 472. The van der Waals surface area contributed by atoms with Crippen LogP contribution in [0.15, 0.2) is 24.3 Å². The molecule has 1 rings (SSSR count). The number of nitrogens with two attached hydrogens (primary N) is 1. The van der Waals surface area contributed by atoms with Crippen molar-refractivity contribution < 1.29 is 14.3 Å². The Hall–Kier alpha value is -2.08. The van der Waals surface area contributed by atoms with Gasteiger partial charge < -0.3 is 15.8 Å². The molecule has 6 heteroatoms. The Morgan fingerprint density at radius 3 is 2.33 bits per heavy atom. The number of urea groups is 1. The number of rotatable bonds is 7. The zero-order chi connectivity index (χ0) is 15.8. The van der Waals surface area contributed by atoms with Crippen molar-refractivity contribution >= 4 is 11.9 Å². The molecule has 0 radical (unpaired) electrons. The molecule has 6 nitrogen and oxygen atoms in total. The summed E-state index contributed by atoms with van der Waals surface area (Å²) in [6.45, 7) is 7.61. The van der Waals surface area contributed by atoms with E-state index in [9.17, 15) is 9.59 Å². The lowest BCUT2D eigenvalue weighted by Gasteiger charge is -2.14. The highest BCUT2D eigenvalue weighted by atomic mass is 16.5. The molecule has 1 aromatic rings. The summed E-state index contributed by atoms with van der Waals surface area (Å²) in [5.74, 6) is 0.608. The number of carbonyl (C=O) groups is 2.